The van der Waals surface area contributed by atoms with E-state index in [2.05, 4.69) is 88.1 Å². The van der Waals surface area contributed by atoms with Crippen molar-refractivity contribution in [2.75, 3.05) is 7.11 Å². The Morgan fingerprint density at radius 3 is 2.03 bits per heavy atom. The van der Waals surface area contributed by atoms with E-state index >= 15 is 0 Å². The van der Waals surface area contributed by atoms with Crippen LogP contribution in [-0.2, 0) is 13.0 Å². The largest absolute Gasteiger partial charge is 0.497 e. The quantitative estimate of drug-likeness (QED) is 0.443. The first kappa shape index (κ1) is 17.7. The zero-order valence-corrected chi connectivity index (χ0v) is 16.7. The lowest BCUT2D eigenvalue weighted by atomic mass is 9.98. The van der Waals surface area contributed by atoms with Gasteiger partial charge in [0.05, 0.1) is 20.1 Å². The van der Waals surface area contributed by atoms with Crippen molar-refractivity contribution in [3.63, 3.8) is 0 Å². The molecule has 3 heteroatoms. The molecule has 1 aliphatic rings. The fourth-order valence-electron chi connectivity index (χ4n) is 4.46. The van der Waals surface area contributed by atoms with Gasteiger partial charge in [-0.2, -0.15) is 0 Å². The van der Waals surface area contributed by atoms with Crippen LogP contribution in [0, 0.1) is 0 Å². The fraction of sp³-hybridized carbons (Fsp3) is 0.192. The molecule has 3 nitrogen and oxygen atoms in total. The van der Waals surface area contributed by atoms with E-state index in [4.69, 9.17) is 4.74 Å². The van der Waals surface area contributed by atoms with Gasteiger partial charge in [0.1, 0.15) is 11.9 Å². The summed E-state index contributed by atoms with van der Waals surface area (Å²) < 4.78 is 10.3. The zero-order valence-electron chi connectivity index (χ0n) is 16.7. The molecule has 5 rings (SSSR count). The van der Waals surface area contributed by atoms with Gasteiger partial charge in [0.15, 0.2) is 11.7 Å². The van der Waals surface area contributed by atoms with Gasteiger partial charge < -0.3 is 4.74 Å². The van der Waals surface area contributed by atoms with Crippen LogP contribution in [0.3, 0.4) is 0 Å². The zero-order chi connectivity index (χ0) is 19.6. The molecule has 1 aliphatic heterocycles. The maximum Gasteiger partial charge on any atom is 0.257 e. The predicted octanol–water partition coefficient (Wildman–Crippen LogP) is 5.04. The molecule has 4 aromatic rings. The molecule has 3 aromatic carbocycles. The number of aromatic nitrogens is 2. The van der Waals surface area contributed by atoms with Gasteiger partial charge in [0.2, 0.25) is 0 Å². The van der Waals surface area contributed by atoms with E-state index < -0.39 is 0 Å². The summed E-state index contributed by atoms with van der Waals surface area (Å²) in [7, 11) is 1.71. The molecule has 144 valence electrons. The van der Waals surface area contributed by atoms with Crippen molar-refractivity contribution in [2.24, 2.45) is 0 Å². The molecule has 2 heterocycles. The van der Waals surface area contributed by atoms with Gasteiger partial charge in [-0.05, 0) is 30.7 Å². The Hall–Kier alpha value is -3.33. The second-order valence-electron chi connectivity index (χ2n) is 7.55. The van der Waals surface area contributed by atoms with Gasteiger partial charge in [0, 0.05) is 16.7 Å². The number of imidazole rings is 1. The second-order valence-corrected chi connectivity index (χ2v) is 7.55. The molecule has 1 aromatic heterocycles. The molecule has 0 fully saturated rings. The molecule has 0 amide bonds. The highest BCUT2D eigenvalue weighted by Gasteiger charge is 2.33. The van der Waals surface area contributed by atoms with Gasteiger partial charge in [-0.25, -0.2) is 9.13 Å². The standard InChI is InChI=1S/C26H25N2O/c1-29-23-16-14-20(15-17-23)24-19-28(25-13-8-18-27(24)25)26(21-9-4-2-5-10-21)22-11-6-3-7-12-22/h2-7,9-12,14-17,19,26H,8,13,18H2,1H3/q+1. The maximum absolute atomic E-state index is 5.34. The summed E-state index contributed by atoms with van der Waals surface area (Å²) >= 11 is 0. The third kappa shape index (κ3) is 3.23. The number of nitrogens with zero attached hydrogens (tertiary/aromatic N) is 2. The summed E-state index contributed by atoms with van der Waals surface area (Å²) in [5, 5.41) is 0. The van der Waals surface area contributed by atoms with Crippen LogP contribution in [0.1, 0.15) is 29.4 Å². The summed E-state index contributed by atoms with van der Waals surface area (Å²) in [5.41, 5.74) is 5.13. The highest BCUT2D eigenvalue weighted by Crippen LogP contribution is 2.30. The van der Waals surface area contributed by atoms with Crippen molar-refractivity contribution in [3.05, 3.63) is 108 Å². The average Bonchev–Trinajstić information content (AvgIpc) is 3.40. The van der Waals surface area contributed by atoms with Crippen LogP contribution >= 0.6 is 0 Å². The minimum atomic E-state index is 0.170. The first-order valence-corrected chi connectivity index (χ1v) is 10.2. The smallest absolute Gasteiger partial charge is 0.257 e. The topological polar surface area (TPSA) is 18.0 Å². The van der Waals surface area contributed by atoms with E-state index in [9.17, 15) is 0 Å². The number of methoxy groups -OCH3 is 1. The Labute approximate surface area is 171 Å². The van der Waals surface area contributed by atoms with Crippen LogP contribution in [-0.4, -0.2) is 11.7 Å². The van der Waals surface area contributed by atoms with E-state index in [-0.39, 0.29) is 6.04 Å². The van der Waals surface area contributed by atoms with Crippen molar-refractivity contribution in [1.29, 1.82) is 0 Å². The molecule has 0 saturated carbocycles. The molecule has 0 spiro atoms. The van der Waals surface area contributed by atoms with E-state index in [1.165, 1.54) is 34.6 Å². The lowest BCUT2D eigenvalue weighted by molar-refractivity contribution is -0.710. The molecule has 29 heavy (non-hydrogen) atoms. The van der Waals surface area contributed by atoms with E-state index in [0.29, 0.717) is 0 Å². The summed E-state index contributed by atoms with van der Waals surface area (Å²) in [6, 6.07) is 30.2. The number of ether oxygens (including phenoxy) is 1. The molecule has 0 aliphatic carbocycles. The first-order chi connectivity index (χ1) is 14.3. The molecule has 0 unspecified atom stereocenters. The van der Waals surface area contributed by atoms with E-state index in [0.717, 1.165) is 18.7 Å². The summed E-state index contributed by atoms with van der Waals surface area (Å²) in [4.78, 5) is 0. The van der Waals surface area contributed by atoms with Crippen LogP contribution in [0.15, 0.2) is 91.1 Å². The summed E-state index contributed by atoms with van der Waals surface area (Å²) in [6.45, 7) is 1.07. The van der Waals surface area contributed by atoms with Crippen LogP contribution in [0.25, 0.3) is 11.3 Å². The lowest BCUT2D eigenvalue weighted by Gasteiger charge is -2.16. The highest BCUT2D eigenvalue weighted by molar-refractivity contribution is 5.60. The van der Waals surface area contributed by atoms with Crippen molar-refractivity contribution >= 4 is 0 Å². The Kier molecular flexibility index (Phi) is 4.65. The van der Waals surface area contributed by atoms with Crippen LogP contribution in [0.2, 0.25) is 0 Å². The van der Waals surface area contributed by atoms with Crippen LogP contribution in [0.4, 0.5) is 0 Å². The summed E-state index contributed by atoms with van der Waals surface area (Å²) in [6.07, 6.45) is 4.63. The SMILES string of the molecule is COc1ccc(-c2c[n+](C(c3ccccc3)c3ccccc3)c3n2CCC3)cc1. The lowest BCUT2D eigenvalue weighted by Crippen LogP contribution is -2.42. The molecule has 0 N–H and O–H groups in total. The fourth-order valence-corrected chi connectivity index (χ4v) is 4.46. The first-order valence-electron chi connectivity index (χ1n) is 10.2. The third-order valence-corrected chi connectivity index (χ3v) is 5.84. The molecule has 0 saturated heterocycles. The van der Waals surface area contributed by atoms with Crippen molar-refractivity contribution in [3.8, 4) is 17.0 Å². The van der Waals surface area contributed by atoms with Gasteiger partial charge in [-0.1, -0.05) is 60.7 Å². The Balaban J connectivity index is 1.67. The second kappa shape index (κ2) is 7.59. The Morgan fingerprint density at radius 1 is 0.828 bits per heavy atom. The maximum atomic E-state index is 5.34. The van der Waals surface area contributed by atoms with Crippen LogP contribution < -0.4 is 9.30 Å². The average molecular weight is 381 g/mol. The number of hydrogen-bond acceptors (Lipinski definition) is 1. The molecular weight excluding hydrogens is 356 g/mol. The number of hydrogen-bond donors (Lipinski definition) is 0. The van der Waals surface area contributed by atoms with E-state index in [1.54, 1.807) is 7.11 Å². The number of benzene rings is 3. The molecule has 0 atom stereocenters. The minimum Gasteiger partial charge on any atom is -0.497 e. The van der Waals surface area contributed by atoms with Crippen molar-refractivity contribution in [2.45, 2.75) is 25.4 Å². The normalized spacial score (nSPS) is 12.9. The monoisotopic (exact) mass is 381 g/mol. The molecule has 0 bridgehead atoms. The molecule has 0 radical (unpaired) electrons. The highest BCUT2D eigenvalue weighted by atomic mass is 16.5. The number of fused-ring (bicyclic) bond motifs is 1. The minimum absolute atomic E-state index is 0.170. The Morgan fingerprint density at radius 2 is 1.45 bits per heavy atom. The predicted molar refractivity (Wildman–Crippen MR) is 115 cm³/mol. The van der Waals surface area contributed by atoms with Crippen molar-refractivity contribution in [1.82, 2.24) is 4.57 Å². The van der Waals surface area contributed by atoms with E-state index in [1.807, 2.05) is 12.1 Å². The van der Waals surface area contributed by atoms with Gasteiger partial charge in [-0.15, -0.1) is 0 Å². The Bertz CT molecular complexity index is 1060. The third-order valence-electron chi connectivity index (χ3n) is 5.84. The van der Waals surface area contributed by atoms with Crippen molar-refractivity contribution < 1.29 is 9.30 Å². The molecular formula is C26H25N2O+. The van der Waals surface area contributed by atoms with Gasteiger partial charge >= 0.3 is 0 Å². The van der Waals surface area contributed by atoms with Gasteiger partial charge in [-0.3, -0.25) is 0 Å². The van der Waals surface area contributed by atoms with Gasteiger partial charge in [0.25, 0.3) is 5.82 Å². The number of rotatable bonds is 5. The summed E-state index contributed by atoms with van der Waals surface area (Å²) in [5.74, 6) is 2.29. The van der Waals surface area contributed by atoms with Crippen LogP contribution in [0.5, 0.6) is 5.75 Å².